The minimum absolute atomic E-state index is 0.194. The number of allylic oxidation sites excluding steroid dienone is 4. The van der Waals surface area contributed by atoms with E-state index in [9.17, 15) is 9.59 Å². The number of hydrogen-bond donors (Lipinski definition) is 2. The monoisotopic (exact) mass is 664 g/mol. The number of H-pyrrole nitrogens is 2. The molecule has 0 saturated heterocycles. The van der Waals surface area contributed by atoms with E-state index in [0.717, 1.165) is 85.4 Å². The minimum Gasteiger partial charge on any atom is -0.462 e. The smallest absolute Gasteiger partial charge is 0.310 e. The quantitative estimate of drug-likeness (QED) is 0.155. The SMILES string of the molecule is C=CC[C@H](C)OC(=O)Cc1c(C)[nH]c(C=C2N=C(C)C(CC3=C(C)/C(=C\c4[nH]c(C)c(CC(=O)O[C@@H](C)CC=C)c4C)N=C3C)=C2C)c1C. The number of aryl methyl sites for hydroxylation is 2. The lowest BCUT2D eigenvalue weighted by Crippen LogP contribution is -2.16. The number of aromatic amines is 2. The van der Waals surface area contributed by atoms with Crippen LogP contribution in [0.4, 0.5) is 0 Å². The summed E-state index contributed by atoms with van der Waals surface area (Å²) < 4.78 is 11.1. The molecule has 49 heavy (non-hydrogen) atoms. The van der Waals surface area contributed by atoms with E-state index in [1.165, 1.54) is 11.1 Å². The van der Waals surface area contributed by atoms with Crippen molar-refractivity contribution in [3.05, 3.63) is 104 Å². The Bertz CT molecular complexity index is 1730. The average molecular weight is 665 g/mol. The molecule has 0 aromatic carbocycles. The molecule has 0 aliphatic carbocycles. The molecule has 4 heterocycles. The van der Waals surface area contributed by atoms with E-state index in [2.05, 4.69) is 63.0 Å². The van der Waals surface area contributed by atoms with E-state index in [-0.39, 0.29) is 37.0 Å². The summed E-state index contributed by atoms with van der Waals surface area (Å²) in [5, 5.41) is 0. The molecule has 8 nitrogen and oxygen atoms in total. The van der Waals surface area contributed by atoms with Crippen molar-refractivity contribution in [3.8, 4) is 0 Å². The number of carbonyl (C=O) groups excluding carboxylic acids is 2. The molecular formula is C41H52N4O4. The van der Waals surface area contributed by atoms with Crippen LogP contribution in [0.15, 0.2) is 69.0 Å². The summed E-state index contributed by atoms with van der Waals surface area (Å²) in [7, 11) is 0. The van der Waals surface area contributed by atoms with Crippen LogP contribution in [0.2, 0.25) is 0 Å². The van der Waals surface area contributed by atoms with Crippen molar-refractivity contribution in [2.75, 3.05) is 0 Å². The highest BCUT2D eigenvalue weighted by Crippen LogP contribution is 2.37. The summed E-state index contributed by atoms with van der Waals surface area (Å²) >= 11 is 0. The van der Waals surface area contributed by atoms with E-state index in [1.807, 2.05) is 41.5 Å². The van der Waals surface area contributed by atoms with Gasteiger partial charge in [0.15, 0.2) is 0 Å². The molecule has 2 aromatic rings. The van der Waals surface area contributed by atoms with E-state index >= 15 is 0 Å². The van der Waals surface area contributed by atoms with Gasteiger partial charge in [-0.3, -0.25) is 19.6 Å². The number of esters is 2. The Balaban J connectivity index is 1.54. The van der Waals surface area contributed by atoms with Gasteiger partial charge in [0.25, 0.3) is 0 Å². The predicted octanol–water partition coefficient (Wildman–Crippen LogP) is 9.03. The second-order valence-electron chi connectivity index (χ2n) is 13.4. The van der Waals surface area contributed by atoms with Crippen LogP contribution in [-0.4, -0.2) is 45.5 Å². The normalized spacial score (nSPS) is 17.5. The predicted molar refractivity (Wildman–Crippen MR) is 201 cm³/mol. The number of hydrogen-bond acceptors (Lipinski definition) is 6. The Hall–Kier alpha value is -4.72. The van der Waals surface area contributed by atoms with Gasteiger partial charge in [0, 0.05) is 53.5 Å². The first-order valence-corrected chi connectivity index (χ1v) is 17.1. The van der Waals surface area contributed by atoms with Gasteiger partial charge in [0.05, 0.1) is 24.2 Å². The zero-order valence-corrected chi connectivity index (χ0v) is 30.9. The van der Waals surface area contributed by atoms with Crippen LogP contribution in [0, 0.1) is 27.7 Å². The standard InChI is InChI=1S/C41H52N4O4/c1-13-15-22(3)48-40(46)18-34-26(7)38(44-30(34)11)20-36-24(5)32(28(9)42-36)17-33-25(6)37(43-29(33)10)21-39-27(8)35(31(12)45-39)19-41(47)49-23(4)16-14-2/h13-14,20-23,44-45H,1-2,15-19H2,3-12H3/b36-20+,37-21?/t22-,23-/m0/s1. The lowest BCUT2D eigenvalue weighted by Gasteiger charge is -2.11. The molecule has 8 heteroatoms. The van der Waals surface area contributed by atoms with Crippen molar-refractivity contribution in [2.45, 2.75) is 114 Å². The highest BCUT2D eigenvalue weighted by atomic mass is 16.5. The number of aliphatic imine (C=N–C) groups is 2. The topological polar surface area (TPSA) is 109 Å². The number of nitrogens with zero attached hydrogens (tertiary/aromatic N) is 2. The van der Waals surface area contributed by atoms with Gasteiger partial charge in [-0.2, -0.15) is 0 Å². The number of nitrogens with one attached hydrogen (secondary N) is 2. The van der Waals surface area contributed by atoms with E-state index in [4.69, 9.17) is 19.5 Å². The van der Waals surface area contributed by atoms with Crippen LogP contribution < -0.4 is 0 Å². The number of carbonyl (C=O) groups is 2. The molecule has 0 fully saturated rings. The molecule has 2 aromatic heterocycles. The third kappa shape index (κ3) is 8.48. The fraction of sp³-hybridized carbons (Fsp3) is 0.415. The first-order chi connectivity index (χ1) is 23.1. The fourth-order valence-corrected chi connectivity index (χ4v) is 6.60. The number of rotatable bonds is 14. The third-order valence-electron chi connectivity index (χ3n) is 9.61. The summed E-state index contributed by atoms with van der Waals surface area (Å²) in [6.07, 6.45) is 9.70. The van der Waals surface area contributed by atoms with E-state index in [1.54, 1.807) is 12.2 Å². The third-order valence-corrected chi connectivity index (χ3v) is 9.61. The molecule has 2 aliphatic rings. The van der Waals surface area contributed by atoms with Crippen LogP contribution in [0.25, 0.3) is 12.2 Å². The zero-order chi connectivity index (χ0) is 36.2. The molecule has 0 spiro atoms. The van der Waals surface area contributed by atoms with Crippen LogP contribution in [0.3, 0.4) is 0 Å². The lowest BCUT2D eigenvalue weighted by atomic mass is 9.93. The second kappa shape index (κ2) is 15.7. The van der Waals surface area contributed by atoms with Crippen LogP contribution in [0.1, 0.15) is 106 Å². The maximum absolute atomic E-state index is 12.6. The highest BCUT2D eigenvalue weighted by molar-refractivity contribution is 6.09. The van der Waals surface area contributed by atoms with Gasteiger partial charge in [-0.15, -0.1) is 13.2 Å². The molecule has 2 aliphatic heterocycles. The average Bonchev–Trinajstić information content (AvgIpc) is 3.63. The minimum atomic E-state index is -0.242. The van der Waals surface area contributed by atoms with Crippen molar-refractivity contribution in [3.63, 3.8) is 0 Å². The van der Waals surface area contributed by atoms with Crippen LogP contribution in [-0.2, 0) is 31.9 Å². The van der Waals surface area contributed by atoms with Gasteiger partial charge in [-0.1, -0.05) is 12.2 Å². The van der Waals surface area contributed by atoms with Gasteiger partial charge in [0.1, 0.15) is 12.2 Å². The Morgan fingerprint density at radius 2 is 1.04 bits per heavy atom. The lowest BCUT2D eigenvalue weighted by molar-refractivity contribution is -0.148. The van der Waals surface area contributed by atoms with Gasteiger partial charge in [-0.25, -0.2) is 0 Å². The number of aromatic nitrogens is 2. The van der Waals surface area contributed by atoms with Gasteiger partial charge in [0.2, 0.25) is 0 Å². The number of ether oxygens (including phenoxy) is 2. The Morgan fingerprint density at radius 1 is 0.673 bits per heavy atom. The first kappa shape index (κ1) is 37.1. The highest BCUT2D eigenvalue weighted by Gasteiger charge is 2.26. The van der Waals surface area contributed by atoms with Gasteiger partial charge in [-0.05, 0) is 126 Å². The molecule has 260 valence electrons. The molecular weight excluding hydrogens is 612 g/mol. The van der Waals surface area contributed by atoms with Crippen LogP contribution in [0.5, 0.6) is 0 Å². The second-order valence-corrected chi connectivity index (χ2v) is 13.4. The molecule has 0 unspecified atom stereocenters. The summed E-state index contributed by atoms with van der Waals surface area (Å²) in [5.74, 6) is -0.484. The molecule has 2 N–H and O–H groups in total. The largest absolute Gasteiger partial charge is 0.462 e. The molecule has 0 radical (unpaired) electrons. The molecule has 2 atom stereocenters. The van der Waals surface area contributed by atoms with Crippen molar-refractivity contribution in [1.29, 1.82) is 0 Å². The van der Waals surface area contributed by atoms with E-state index < -0.39 is 0 Å². The summed E-state index contributed by atoms with van der Waals surface area (Å²) in [6, 6.07) is 0. The molecule has 0 bridgehead atoms. The van der Waals surface area contributed by atoms with Crippen molar-refractivity contribution < 1.29 is 19.1 Å². The Labute approximate surface area is 291 Å². The first-order valence-electron chi connectivity index (χ1n) is 17.1. The van der Waals surface area contributed by atoms with E-state index in [0.29, 0.717) is 12.8 Å². The molecule has 0 amide bonds. The maximum Gasteiger partial charge on any atom is 0.310 e. The summed E-state index contributed by atoms with van der Waals surface area (Å²) in [6.45, 7) is 27.6. The summed E-state index contributed by atoms with van der Waals surface area (Å²) in [4.78, 5) is 42.1. The summed E-state index contributed by atoms with van der Waals surface area (Å²) in [5.41, 5.74) is 16.2. The Kier molecular flexibility index (Phi) is 11.9. The van der Waals surface area contributed by atoms with Crippen molar-refractivity contribution in [1.82, 2.24) is 9.97 Å². The van der Waals surface area contributed by atoms with Crippen LogP contribution >= 0.6 is 0 Å². The fourth-order valence-electron chi connectivity index (χ4n) is 6.60. The molecule has 4 rings (SSSR count). The van der Waals surface area contributed by atoms with Crippen molar-refractivity contribution in [2.24, 2.45) is 9.98 Å². The van der Waals surface area contributed by atoms with Crippen molar-refractivity contribution >= 4 is 35.5 Å². The molecule has 0 saturated carbocycles. The maximum atomic E-state index is 12.6. The Morgan fingerprint density at radius 3 is 1.39 bits per heavy atom. The zero-order valence-electron chi connectivity index (χ0n) is 30.9. The van der Waals surface area contributed by atoms with Gasteiger partial charge >= 0.3 is 11.9 Å². The van der Waals surface area contributed by atoms with Gasteiger partial charge < -0.3 is 19.4 Å².